The van der Waals surface area contributed by atoms with Crippen molar-refractivity contribution < 1.29 is 19.4 Å². The Morgan fingerprint density at radius 2 is 1.75 bits per heavy atom. The second-order valence-electron chi connectivity index (χ2n) is 7.30. The highest BCUT2D eigenvalue weighted by atomic mass is 16.5. The zero-order chi connectivity index (χ0) is 20.1. The van der Waals surface area contributed by atoms with Crippen molar-refractivity contribution in [1.82, 2.24) is 0 Å². The summed E-state index contributed by atoms with van der Waals surface area (Å²) in [6, 6.07) is 10.7. The highest BCUT2D eigenvalue weighted by Gasteiger charge is 2.22. The van der Waals surface area contributed by atoms with Gasteiger partial charge >= 0.3 is 0 Å². The number of ether oxygens (including phenoxy) is 1. The maximum atomic E-state index is 12.8. The van der Waals surface area contributed by atoms with Crippen molar-refractivity contribution in [3.8, 4) is 5.75 Å². The second kappa shape index (κ2) is 8.73. The molecule has 0 saturated carbocycles. The maximum absolute atomic E-state index is 12.8. The largest absolute Gasteiger partial charge is 0.493 e. The Kier molecular flexibility index (Phi) is 6.34. The molecule has 0 atom stereocenters. The molecule has 0 radical (unpaired) electrons. The molecule has 0 aliphatic carbocycles. The first-order valence-electron chi connectivity index (χ1n) is 9.62. The molecule has 0 saturated heterocycles. The minimum absolute atomic E-state index is 0.0817. The fourth-order valence-electron chi connectivity index (χ4n) is 3.06. The lowest BCUT2D eigenvalue weighted by molar-refractivity contribution is 0.115. The summed E-state index contributed by atoms with van der Waals surface area (Å²) < 4.78 is 11.7. The molecular weight excluding hydrogens is 358 g/mol. The number of rotatable bonds is 9. The Bertz CT molecular complexity index is 1010. The molecule has 1 aromatic heterocycles. The number of hydrogen-bond acceptors (Lipinski definition) is 6. The van der Waals surface area contributed by atoms with Crippen LogP contribution in [0.15, 0.2) is 45.6 Å². The van der Waals surface area contributed by atoms with Gasteiger partial charge in [0, 0.05) is 6.07 Å². The van der Waals surface area contributed by atoms with Gasteiger partial charge in [0.05, 0.1) is 36.1 Å². The predicted molar refractivity (Wildman–Crippen MR) is 110 cm³/mol. The third-order valence-electron chi connectivity index (χ3n) is 5.02. The van der Waals surface area contributed by atoms with Crippen molar-refractivity contribution in [2.75, 3.05) is 19.8 Å². The highest BCUT2D eigenvalue weighted by molar-refractivity contribution is 5.90. The summed E-state index contributed by atoms with van der Waals surface area (Å²) in [6.45, 7) is 2.14. The third kappa shape index (κ3) is 4.35. The van der Waals surface area contributed by atoms with Crippen molar-refractivity contribution in [3.05, 3.63) is 52.2 Å². The summed E-state index contributed by atoms with van der Waals surface area (Å²) in [7, 11) is 0. The minimum Gasteiger partial charge on any atom is -0.493 e. The van der Waals surface area contributed by atoms with Crippen LogP contribution in [0.5, 0.6) is 5.75 Å². The normalized spacial score (nSPS) is 12.0. The van der Waals surface area contributed by atoms with E-state index in [4.69, 9.17) is 14.9 Å². The standard InChI is InChI=1S/C22H27NO5/c1-2-3-10-27-16-5-7-18-20(12-16)28-19-11-15(4-6-17(19)21(18)26)8-9-22(23,13-24)14-25/h4-7,11-12,24-25H,2-3,8-10,13-14,23H2,1H3. The van der Waals surface area contributed by atoms with E-state index in [1.165, 1.54) is 0 Å². The third-order valence-corrected chi connectivity index (χ3v) is 5.02. The van der Waals surface area contributed by atoms with E-state index in [1.807, 2.05) is 12.1 Å². The van der Waals surface area contributed by atoms with Gasteiger partial charge in [-0.05, 0) is 49.1 Å². The van der Waals surface area contributed by atoms with Crippen molar-refractivity contribution in [1.29, 1.82) is 0 Å². The lowest BCUT2D eigenvalue weighted by atomic mass is 9.93. The molecule has 0 bridgehead atoms. The highest BCUT2D eigenvalue weighted by Crippen LogP contribution is 2.24. The number of aliphatic hydroxyl groups is 2. The van der Waals surface area contributed by atoms with Crippen molar-refractivity contribution in [2.24, 2.45) is 5.73 Å². The van der Waals surface area contributed by atoms with Gasteiger partial charge in [-0.1, -0.05) is 19.4 Å². The van der Waals surface area contributed by atoms with Crippen LogP contribution in [0.3, 0.4) is 0 Å². The molecule has 150 valence electrons. The van der Waals surface area contributed by atoms with Gasteiger partial charge in [-0.15, -0.1) is 0 Å². The zero-order valence-electron chi connectivity index (χ0n) is 16.1. The number of fused-ring (bicyclic) bond motifs is 2. The van der Waals surface area contributed by atoms with Gasteiger partial charge in [-0.25, -0.2) is 0 Å². The van der Waals surface area contributed by atoms with Gasteiger partial charge in [-0.3, -0.25) is 4.79 Å². The van der Waals surface area contributed by atoms with Gasteiger partial charge < -0.3 is 25.1 Å². The Labute approximate surface area is 163 Å². The Balaban J connectivity index is 1.93. The maximum Gasteiger partial charge on any atom is 0.200 e. The van der Waals surface area contributed by atoms with Crippen LogP contribution in [0.25, 0.3) is 21.9 Å². The van der Waals surface area contributed by atoms with E-state index in [9.17, 15) is 15.0 Å². The van der Waals surface area contributed by atoms with E-state index in [2.05, 4.69) is 6.92 Å². The van der Waals surface area contributed by atoms with Crippen molar-refractivity contribution in [2.45, 2.75) is 38.1 Å². The molecule has 0 fully saturated rings. The van der Waals surface area contributed by atoms with Crippen LogP contribution in [0.2, 0.25) is 0 Å². The SMILES string of the molecule is CCCCOc1ccc2c(=O)c3ccc(CCC(N)(CO)CO)cc3oc2c1. The first kappa shape index (κ1) is 20.3. The molecule has 3 rings (SSSR count). The zero-order valence-corrected chi connectivity index (χ0v) is 16.1. The van der Waals surface area contributed by atoms with Gasteiger partial charge in [0.25, 0.3) is 0 Å². The molecule has 0 unspecified atom stereocenters. The first-order valence-corrected chi connectivity index (χ1v) is 9.62. The summed E-state index contributed by atoms with van der Waals surface area (Å²) in [5.74, 6) is 0.679. The Morgan fingerprint density at radius 3 is 2.43 bits per heavy atom. The molecule has 2 aromatic carbocycles. The molecule has 6 heteroatoms. The average Bonchev–Trinajstić information content (AvgIpc) is 2.72. The monoisotopic (exact) mass is 385 g/mol. The van der Waals surface area contributed by atoms with Crippen LogP contribution < -0.4 is 15.9 Å². The van der Waals surface area contributed by atoms with Gasteiger partial charge in [-0.2, -0.15) is 0 Å². The van der Waals surface area contributed by atoms with Crippen LogP contribution >= 0.6 is 0 Å². The average molecular weight is 385 g/mol. The molecule has 0 aliphatic rings. The number of benzene rings is 2. The van der Waals surface area contributed by atoms with E-state index < -0.39 is 5.54 Å². The second-order valence-corrected chi connectivity index (χ2v) is 7.30. The van der Waals surface area contributed by atoms with E-state index in [-0.39, 0.29) is 18.6 Å². The lowest BCUT2D eigenvalue weighted by Gasteiger charge is -2.24. The Morgan fingerprint density at radius 1 is 1.07 bits per heavy atom. The predicted octanol–water partition coefficient (Wildman–Crippen LogP) is 2.74. The summed E-state index contributed by atoms with van der Waals surface area (Å²) >= 11 is 0. The lowest BCUT2D eigenvalue weighted by Crippen LogP contribution is -2.47. The van der Waals surface area contributed by atoms with E-state index in [0.717, 1.165) is 18.4 Å². The first-order chi connectivity index (χ1) is 13.5. The molecular formula is C22H27NO5. The van der Waals surface area contributed by atoms with E-state index in [1.54, 1.807) is 24.3 Å². The fraction of sp³-hybridized carbons (Fsp3) is 0.409. The minimum atomic E-state index is -1.02. The molecule has 28 heavy (non-hydrogen) atoms. The summed E-state index contributed by atoms with van der Waals surface area (Å²) in [4.78, 5) is 12.8. The summed E-state index contributed by atoms with van der Waals surface area (Å²) in [5.41, 5.74) is 6.73. The molecule has 4 N–H and O–H groups in total. The Hall–Kier alpha value is -2.41. The summed E-state index contributed by atoms with van der Waals surface area (Å²) in [5, 5.41) is 19.7. The van der Waals surface area contributed by atoms with E-state index in [0.29, 0.717) is 47.1 Å². The molecule has 6 nitrogen and oxygen atoms in total. The van der Waals surface area contributed by atoms with Gasteiger partial charge in [0.15, 0.2) is 0 Å². The number of unbranched alkanes of at least 4 members (excludes halogenated alkanes) is 1. The van der Waals surface area contributed by atoms with E-state index >= 15 is 0 Å². The number of aryl methyl sites for hydroxylation is 1. The van der Waals surface area contributed by atoms with Gasteiger partial charge in [0.1, 0.15) is 16.9 Å². The van der Waals surface area contributed by atoms with Crippen LogP contribution in [0, 0.1) is 0 Å². The quantitative estimate of drug-likeness (QED) is 0.386. The number of nitrogens with two attached hydrogens (primary N) is 1. The number of hydrogen-bond donors (Lipinski definition) is 3. The van der Waals surface area contributed by atoms with Crippen LogP contribution in [0.1, 0.15) is 31.7 Å². The molecule has 0 aliphatic heterocycles. The molecule has 3 aromatic rings. The van der Waals surface area contributed by atoms with Crippen LogP contribution in [-0.2, 0) is 6.42 Å². The molecule has 1 heterocycles. The van der Waals surface area contributed by atoms with Crippen molar-refractivity contribution >= 4 is 21.9 Å². The topological polar surface area (TPSA) is 106 Å². The summed E-state index contributed by atoms with van der Waals surface area (Å²) in [6.07, 6.45) is 2.98. The fourth-order valence-corrected chi connectivity index (χ4v) is 3.06. The molecule has 0 spiro atoms. The van der Waals surface area contributed by atoms with Crippen LogP contribution in [0.4, 0.5) is 0 Å². The molecule has 0 amide bonds. The number of aliphatic hydroxyl groups excluding tert-OH is 2. The van der Waals surface area contributed by atoms with Crippen LogP contribution in [-0.4, -0.2) is 35.6 Å². The smallest absolute Gasteiger partial charge is 0.200 e. The van der Waals surface area contributed by atoms with Gasteiger partial charge in [0.2, 0.25) is 5.43 Å². The van der Waals surface area contributed by atoms with Crippen molar-refractivity contribution in [3.63, 3.8) is 0 Å².